The molecule has 3 heteroatoms. The second kappa shape index (κ2) is 7.45. The third kappa shape index (κ3) is 4.22. The zero-order valence-electron chi connectivity index (χ0n) is 14.3. The van der Waals surface area contributed by atoms with Crippen LogP contribution in [0.4, 0.5) is 4.39 Å². The lowest BCUT2D eigenvalue weighted by Crippen LogP contribution is -2.46. The van der Waals surface area contributed by atoms with Crippen molar-refractivity contribution in [1.82, 2.24) is 4.90 Å². The molecule has 0 spiro atoms. The molecule has 1 heterocycles. The lowest BCUT2D eigenvalue weighted by atomic mass is 9.75. The number of halogens is 1. The Balaban J connectivity index is 1.69. The van der Waals surface area contributed by atoms with Crippen LogP contribution in [0.2, 0.25) is 0 Å². The first-order valence-electron chi connectivity index (χ1n) is 8.72. The first-order valence-corrected chi connectivity index (χ1v) is 8.72. The molecule has 0 amide bonds. The average Bonchev–Trinajstić information content (AvgIpc) is 2.59. The molecular weight excluding hydrogens is 301 g/mol. The number of hydrogen-bond donors (Lipinski definition) is 1. The molecule has 1 aliphatic heterocycles. The van der Waals surface area contributed by atoms with Crippen LogP contribution in [-0.2, 0) is 13.0 Å². The maximum Gasteiger partial charge on any atom is 0.123 e. The van der Waals surface area contributed by atoms with Crippen LogP contribution in [0.1, 0.15) is 29.5 Å². The summed E-state index contributed by atoms with van der Waals surface area (Å²) in [5.74, 6) is -0.207. The molecule has 2 aromatic rings. The van der Waals surface area contributed by atoms with E-state index in [0.29, 0.717) is 0 Å². The van der Waals surface area contributed by atoms with Gasteiger partial charge in [-0.1, -0.05) is 42.0 Å². The number of aryl methyl sites for hydroxylation is 1. The lowest BCUT2D eigenvalue weighted by molar-refractivity contribution is 0.0288. The van der Waals surface area contributed by atoms with Crippen LogP contribution in [-0.4, -0.2) is 29.7 Å². The number of hydrogen-bond acceptors (Lipinski definition) is 2. The molecule has 1 N–H and O–H groups in total. The summed E-state index contributed by atoms with van der Waals surface area (Å²) in [6, 6.07) is 15.4. The molecule has 0 radical (unpaired) electrons. The maximum absolute atomic E-state index is 13.1. The molecule has 3 rings (SSSR count). The molecule has 24 heavy (non-hydrogen) atoms. The van der Waals surface area contributed by atoms with Crippen LogP contribution in [0.25, 0.3) is 0 Å². The summed E-state index contributed by atoms with van der Waals surface area (Å²) < 4.78 is 13.1. The summed E-state index contributed by atoms with van der Waals surface area (Å²) in [7, 11) is 0. The van der Waals surface area contributed by atoms with Gasteiger partial charge in [-0.3, -0.25) is 4.90 Å². The molecule has 0 unspecified atom stereocenters. The van der Waals surface area contributed by atoms with Crippen LogP contribution in [0.3, 0.4) is 0 Å². The molecule has 0 aromatic heterocycles. The van der Waals surface area contributed by atoms with Gasteiger partial charge in [0.1, 0.15) is 5.82 Å². The van der Waals surface area contributed by atoms with Crippen molar-refractivity contribution >= 4 is 0 Å². The Morgan fingerprint density at radius 1 is 1.04 bits per heavy atom. The summed E-state index contributed by atoms with van der Waals surface area (Å²) in [6.45, 7) is 5.15. The monoisotopic (exact) mass is 327 g/mol. The normalized spacial score (nSPS) is 21.8. The van der Waals surface area contributed by atoms with Crippen LogP contribution in [0.5, 0.6) is 0 Å². The van der Waals surface area contributed by atoms with Gasteiger partial charge in [0.2, 0.25) is 0 Å². The van der Waals surface area contributed by atoms with Gasteiger partial charge >= 0.3 is 0 Å². The second-order valence-electron chi connectivity index (χ2n) is 7.26. The molecular formula is C21H26FNO. The van der Waals surface area contributed by atoms with Crippen LogP contribution >= 0.6 is 0 Å². The Morgan fingerprint density at radius 2 is 1.71 bits per heavy atom. The van der Waals surface area contributed by atoms with Crippen molar-refractivity contribution in [3.63, 3.8) is 0 Å². The zero-order valence-corrected chi connectivity index (χ0v) is 14.3. The Morgan fingerprint density at radius 3 is 2.38 bits per heavy atom. The van der Waals surface area contributed by atoms with Crippen molar-refractivity contribution in [2.24, 2.45) is 5.41 Å². The molecule has 1 atom stereocenters. The second-order valence-corrected chi connectivity index (χ2v) is 7.26. The Kier molecular flexibility index (Phi) is 5.32. The maximum atomic E-state index is 13.1. The molecule has 128 valence electrons. The largest absolute Gasteiger partial charge is 0.396 e. The molecule has 0 bridgehead atoms. The number of piperidine rings is 1. The first-order chi connectivity index (χ1) is 11.6. The number of likely N-dealkylation sites (tertiary alicyclic amines) is 1. The summed E-state index contributed by atoms with van der Waals surface area (Å²) in [5, 5.41) is 10.1. The molecule has 0 saturated carbocycles. The van der Waals surface area contributed by atoms with Gasteiger partial charge in [0.25, 0.3) is 0 Å². The first kappa shape index (κ1) is 17.1. The fourth-order valence-corrected chi connectivity index (χ4v) is 3.76. The standard InChI is InChI=1S/C21H26FNO/c1-17-3-5-19(6-4-17)14-23-12-2-11-21(15-23,16-24)13-18-7-9-20(22)10-8-18/h3-10,24H,2,11-16H2,1H3/t21-/m1/s1. The highest BCUT2D eigenvalue weighted by molar-refractivity contribution is 5.22. The lowest BCUT2D eigenvalue weighted by Gasteiger charge is -2.42. The highest BCUT2D eigenvalue weighted by Crippen LogP contribution is 2.34. The molecule has 1 saturated heterocycles. The minimum atomic E-state index is -0.207. The van der Waals surface area contributed by atoms with Crippen molar-refractivity contribution < 1.29 is 9.50 Å². The van der Waals surface area contributed by atoms with E-state index in [-0.39, 0.29) is 17.8 Å². The van der Waals surface area contributed by atoms with Crippen molar-refractivity contribution in [1.29, 1.82) is 0 Å². The van der Waals surface area contributed by atoms with Gasteiger partial charge in [-0.2, -0.15) is 0 Å². The van der Waals surface area contributed by atoms with Crippen molar-refractivity contribution in [2.75, 3.05) is 19.7 Å². The quantitative estimate of drug-likeness (QED) is 0.899. The minimum absolute atomic E-state index is 0.124. The number of aliphatic hydroxyl groups is 1. The Hall–Kier alpha value is -1.71. The van der Waals surface area contributed by atoms with E-state index in [1.165, 1.54) is 23.3 Å². The third-order valence-electron chi connectivity index (χ3n) is 5.10. The van der Waals surface area contributed by atoms with E-state index >= 15 is 0 Å². The summed E-state index contributed by atoms with van der Waals surface area (Å²) in [4.78, 5) is 2.44. The SMILES string of the molecule is Cc1ccc(CN2CCC[C@@](CO)(Cc3ccc(F)cc3)C2)cc1. The number of nitrogens with zero attached hydrogens (tertiary/aromatic N) is 1. The molecule has 1 fully saturated rings. The van der Waals surface area contributed by atoms with Crippen LogP contribution in [0, 0.1) is 18.2 Å². The van der Waals surface area contributed by atoms with E-state index < -0.39 is 0 Å². The van der Waals surface area contributed by atoms with E-state index in [0.717, 1.165) is 44.5 Å². The van der Waals surface area contributed by atoms with Gasteiger partial charge in [0.05, 0.1) is 6.61 Å². The summed E-state index contributed by atoms with van der Waals surface area (Å²) in [5.41, 5.74) is 3.57. The third-order valence-corrected chi connectivity index (χ3v) is 5.10. The van der Waals surface area contributed by atoms with E-state index in [9.17, 15) is 9.50 Å². The molecule has 2 aromatic carbocycles. The fraction of sp³-hybridized carbons (Fsp3) is 0.429. The molecule has 0 aliphatic carbocycles. The predicted octanol–water partition coefficient (Wildman–Crippen LogP) is 3.95. The van der Waals surface area contributed by atoms with Gasteiger partial charge in [-0.25, -0.2) is 4.39 Å². The van der Waals surface area contributed by atoms with Gasteiger partial charge in [-0.15, -0.1) is 0 Å². The van der Waals surface area contributed by atoms with Crippen molar-refractivity contribution in [3.8, 4) is 0 Å². The van der Waals surface area contributed by atoms with Gasteiger partial charge in [-0.05, 0) is 56.0 Å². The predicted molar refractivity (Wildman–Crippen MR) is 95.3 cm³/mol. The van der Waals surface area contributed by atoms with E-state index in [1.54, 1.807) is 0 Å². The number of rotatable bonds is 5. The summed E-state index contributed by atoms with van der Waals surface area (Å²) >= 11 is 0. The van der Waals surface area contributed by atoms with Crippen molar-refractivity contribution in [2.45, 2.75) is 32.7 Å². The smallest absolute Gasteiger partial charge is 0.123 e. The fourth-order valence-electron chi connectivity index (χ4n) is 3.76. The van der Waals surface area contributed by atoms with Crippen LogP contribution in [0.15, 0.2) is 48.5 Å². The number of benzene rings is 2. The Bertz CT molecular complexity index is 653. The highest BCUT2D eigenvalue weighted by atomic mass is 19.1. The van der Waals surface area contributed by atoms with E-state index in [2.05, 4.69) is 36.1 Å². The van der Waals surface area contributed by atoms with Crippen molar-refractivity contribution in [3.05, 3.63) is 71.0 Å². The minimum Gasteiger partial charge on any atom is -0.396 e. The molecule has 1 aliphatic rings. The average molecular weight is 327 g/mol. The van der Waals surface area contributed by atoms with E-state index in [4.69, 9.17) is 0 Å². The van der Waals surface area contributed by atoms with Gasteiger partial charge in [0, 0.05) is 18.5 Å². The zero-order chi connectivity index (χ0) is 17.0. The molecule has 2 nitrogen and oxygen atoms in total. The van der Waals surface area contributed by atoms with Crippen LogP contribution < -0.4 is 0 Å². The Labute approximate surface area is 143 Å². The topological polar surface area (TPSA) is 23.5 Å². The highest BCUT2D eigenvalue weighted by Gasteiger charge is 2.35. The van der Waals surface area contributed by atoms with Gasteiger partial charge < -0.3 is 5.11 Å². The number of aliphatic hydroxyl groups excluding tert-OH is 1. The van der Waals surface area contributed by atoms with Gasteiger partial charge in [0.15, 0.2) is 0 Å². The summed E-state index contributed by atoms with van der Waals surface area (Å²) in [6.07, 6.45) is 2.91. The van der Waals surface area contributed by atoms with E-state index in [1.807, 2.05) is 12.1 Å².